The molecule has 1 aliphatic rings. The van der Waals surface area contributed by atoms with E-state index < -0.39 is 0 Å². The smallest absolute Gasteiger partial charge is 0.204 e. The minimum atomic E-state index is -0.0434. The van der Waals surface area contributed by atoms with Crippen LogP contribution in [0.25, 0.3) is 0 Å². The molecule has 1 unspecified atom stereocenters. The average molecular weight is 161 g/mol. The third kappa shape index (κ3) is 1.09. The first-order chi connectivity index (χ1) is 5.81. The van der Waals surface area contributed by atoms with Crippen LogP contribution in [0.4, 0.5) is 0 Å². The van der Waals surface area contributed by atoms with Crippen molar-refractivity contribution in [1.82, 2.24) is 4.98 Å². The van der Waals surface area contributed by atoms with Crippen molar-refractivity contribution in [3.63, 3.8) is 0 Å². The standard InChI is InChI=1S/C10H11NO/c1-10(5-3-2-4-6-10)9-11-7-8-12-9/h2-5,7-8H,6H2,1H3. The zero-order valence-electron chi connectivity index (χ0n) is 7.03. The zero-order chi connectivity index (χ0) is 8.44. The lowest BCUT2D eigenvalue weighted by atomic mass is 9.84. The van der Waals surface area contributed by atoms with Crippen LogP contribution in [0.3, 0.4) is 0 Å². The van der Waals surface area contributed by atoms with Crippen LogP contribution in [0.5, 0.6) is 0 Å². The summed E-state index contributed by atoms with van der Waals surface area (Å²) in [4.78, 5) is 4.16. The summed E-state index contributed by atoms with van der Waals surface area (Å²) in [7, 11) is 0. The van der Waals surface area contributed by atoms with Crippen LogP contribution in [0.2, 0.25) is 0 Å². The lowest BCUT2D eigenvalue weighted by molar-refractivity contribution is 0.400. The molecule has 1 heterocycles. The highest BCUT2D eigenvalue weighted by Gasteiger charge is 2.27. The van der Waals surface area contributed by atoms with Crippen LogP contribution in [0.15, 0.2) is 41.2 Å². The molecule has 2 rings (SSSR count). The molecular weight excluding hydrogens is 150 g/mol. The van der Waals surface area contributed by atoms with E-state index in [1.807, 2.05) is 12.2 Å². The number of rotatable bonds is 1. The molecule has 0 saturated carbocycles. The Morgan fingerprint density at radius 3 is 3.00 bits per heavy atom. The molecule has 2 nitrogen and oxygen atoms in total. The van der Waals surface area contributed by atoms with E-state index in [4.69, 9.17) is 4.42 Å². The van der Waals surface area contributed by atoms with Gasteiger partial charge < -0.3 is 4.42 Å². The van der Waals surface area contributed by atoms with Crippen LogP contribution in [0, 0.1) is 0 Å². The summed E-state index contributed by atoms with van der Waals surface area (Å²) >= 11 is 0. The molecule has 0 spiro atoms. The Morgan fingerprint density at radius 1 is 1.50 bits per heavy atom. The summed E-state index contributed by atoms with van der Waals surface area (Å²) in [5.41, 5.74) is -0.0434. The molecule has 1 aromatic rings. The topological polar surface area (TPSA) is 26.0 Å². The van der Waals surface area contributed by atoms with Crippen molar-refractivity contribution < 1.29 is 4.42 Å². The van der Waals surface area contributed by atoms with E-state index in [-0.39, 0.29) is 5.41 Å². The van der Waals surface area contributed by atoms with Gasteiger partial charge >= 0.3 is 0 Å². The van der Waals surface area contributed by atoms with Gasteiger partial charge in [-0.1, -0.05) is 24.3 Å². The van der Waals surface area contributed by atoms with Gasteiger partial charge in [0.2, 0.25) is 5.89 Å². The third-order valence-corrected chi connectivity index (χ3v) is 2.17. The van der Waals surface area contributed by atoms with Gasteiger partial charge in [0.15, 0.2) is 0 Å². The summed E-state index contributed by atoms with van der Waals surface area (Å²) in [5, 5.41) is 0. The Hall–Kier alpha value is -1.31. The van der Waals surface area contributed by atoms with E-state index in [1.165, 1.54) is 0 Å². The van der Waals surface area contributed by atoms with Crippen LogP contribution in [-0.4, -0.2) is 4.98 Å². The molecule has 1 aliphatic carbocycles. The molecule has 0 aromatic carbocycles. The third-order valence-electron chi connectivity index (χ3n) is 2.17. The maximum atomic E-state index is 5.28. The minimum Gasteiger partial charge on any atom is -0.448 e. The van der Waals surface area contributed by atoms with Gasteiger partial charge in [-0.15, -0.1) is 0 Å². The fourth-order valence-corrected chi connectivity index (χ4v) is 1.39. The van der Waals surface area contributed by atoms with Crippen LogP contribution in [-0.2, 0) is 5.41 Å². The van der Waals surface area contributed by atoms with E-state index in [0.29, 0.717) is 0 Å². The van der Waals surface area contributed by atoms with E-state index >= 15 is 0 Å². The van der Waals surface area contributed by atoms with Crippen molar-refractivity contribution >= 4 is 0 Å². The first-order valence-corrected chi connectivity index (χ1v) is 4.06. The van der Waals surface area contributed by atoms with Gasteiger partial charge in [0.1, 0.15) is 6.26 Å². The monoisotopic (exact) mass is 161 g/mol. The average Bonchev–Trinajstić information content (AvgIpc) is 2.58. The molecule has 0 aliphatic heterocycles. The molecule has 1 aromatic heterocycles. The largest absolute Gasteiger partial charge is 0.448 e. The van der Waals surface area contributed by atoms with Crippen molar-refractivity contribution in [3.8, 4) is 0 Å². The van der Waals surface area contributed by atoms with E-state index in [2.05, 4.69) is 24.1 Å². The number of oxazole rings is 1. The van der Waals surface area contributed by atoms with Gasteiger partial charge in [-0.3, -0.25) is 0 Å². The van der Waals surface area contributed by atoms with Crippen molar-refractivity contribution in [2.24, 2.45) is 0 Å². The van der Waals surface area contributed by atoms with Gasteiger partial charge in [-0.2, -0.15) is 0 Å². The highest BCUT2D eigenvalue weighted by Crippen LogP contribution is 2.30. The quantitative estimate of drug-likeness (QED) is 0.632. The maximum Gasteiger partial charge on any atom is 0.204 e. The van der Waals surface area contributed by atoms with E-state index in [0.717, 1.165) is 12.3 Å². The van der Waals surface area contributed by atoms with Crippen molar-refractivity contribution in [3.05, 3.63) is 42.7 Å². The van der Waals surface area contributed by atoms with Crippen molar-refractivity contribution in [1.29, 1.82) is 0 Å². The van der Waals surface area contributed by atoms with Crippen LogP contribution < -0.4 is 0 Å². The maximum absolute atomic E-state index is 5.28. The molecule has 0 radical (unpaired) electrons. The summed E-state index contributed by atoms with van der Waals surface area (Å²) in [6, 6.07) is 0. The Balaban J connectivity index is 2.34. The number of aromatic nitrogens is 1. The summed E-state index contributed by atoms with van der Waals surface area (Å²) < 4.78 is 5.28. The number of hydrogen-bond acceptors (Lipinski definition) is 2. The fraction of sp³-hybridized carbons (Fsp3) is 0.300. The molecule has 12 heavy (non-hydrogen) atoms. The van der Waals surface area contributed by atoms with E-state index in [9.17, 15) is 0 Å². The van der Waals surface area contributed by atoms with Gasteiger partial charge in [0.05, 0.1) is 11.6 Å². The SMILES string of the molecule is CC1(c2ncco2)C=CC=CC1. The van der Waals surface area contributed by atoms with Gasteiger partial charge in [-0.25, -0.2) is 4.98 Å². The molecule has 2 heteroatoms. The lowest BCUT2D eigenvalue weighted by Gasteiger charge is -2.21. The second-order valence-electron chi connectivity index (χ2n) is 3.25. The molecule has 62 valence electrons. The highest BCUT2D eigenvalue weighted by molar-refractivity contribution is 5.24. The molecule has 1 atom stereocenters. The zero-order valence-corrected chi connectivity index (χ0v) is 7.03. The van der Waals surface area contributed by atoms with Crippen molar-refractivity contribution in [2.75, 3.05) is 0 Å². The first-order valence-electron chi connectivity index (χ1n) is 4.06. The Kier molecular flexibility index (Phi) is 1.61. The summed E-state index contributed by atoms with van der Waals surface area (Å²) in [6.07, 6.45) is 12.6. The minimum absolute atomic E-state index is 0.0434. The van der Waals surface area contributed by atoms with Crippen molar-refractivity contribution in [2.45, 2.75) is 18.8 Å². The lowest BCUT2D eigenvalue weighted by Crippen LogP contribution is -2.19. The molecular formula is C10H11NO. The molecule has 0 bridgehead atoms. The van der Waals surface area contributed by atoms with Gasteiger partial charge in [-0.05, 0) is 13.3 Å². The molecule has 0 fully saturated rings. The number of nitrogens with zero attached hydrogens (tertiary/aromatic N) is 1. The number of allylic oxidation sites excluding steroid dienone is 4. The molecule has 0 saturated heterocycles. The summed E-state index contributed by atoms with van der Waals surface area (Å²) in [5.74, 6) is 0.795. The second kappa shape index (κ2) is 2.63. The van der Waals surface area contributed by atoms with Crippen LogP contribution in [0.1, 0.15) is 19.2 Å². The fourth-order valence-electron chi connectivity index (χ4n) is 1.39. The summed E-state index contributed by atoms with van der Waals surface area (Å²) in [6.45, 7) is 2.12. The van der Waals surface area contributed by atoms with Gasteiger partial charge in [0, 0.05) is 0 Å². The molecule has 0 amide bonds. The van der Waals surface area contributed by atoms with Crippen LogP contribution >= 0.6 is 0 Å². The Labute approximate surface area is 71.6 Å². The predicted molar refractivity (Wildman–Crippen MR) is 46.8 cm³/mol. The first kappa shape index (κ1) is 7.35. The second-order valence-corrected chi connectivity index (χ2v) is 3.25. The Bertz CT molecular complexity index is 311. The highest BCUT2D eigenvalue weighted by atomic mass is 16.3. The predicted octanol–water partition coefficient (Wildman–Crippen LogP) is 2.45. The number of hydrogen-bond donors (Lipinski definition) is 0. The Morgan fingerprint density at radius 2 is 2.42 bits per heavy atom. The van der Waals surface area contributed by atoms with Gasteiger partial charge in [0.25, 0.3) is 0 Å². The molecule has 0 N–H and O–H groups in total. The normalized spacial score (nSPS) is 27.8. The van der Waals surface area contributed by atoms with E-state index in [1.54, 1.807) is 12.5 Å².